The normalized spacial score (nSPS) is 19.3. The number of ketones is 1. The van der Waals surface area contributed by atoms with Crippen molar-refractivity contribution in [2.45, 2.75) is 19.6 Å². The minimum Gasteiger partial charge on any atom is -0.300 e. The maximum absolute atomic E-state index is 11.0. The van der Waals surface area contributed by atoms with E-state index in [1.807, 2.05) is 0 Å². The van der Waals surface area contributed by atoms with Crippen LogP contribution in [-0.4, -0.2) is 12.3 Å². The van der Waals surface area contributed by atoms with Crippen LogP contribution in [0.3, 0.4) is 0 Å². The lowest BCUT2D eigenvalue weighted by atomic mass is 10.2. The number of hydrogen-bond donors (Lipinski definition) is 0. The van der Waals surface area contributed by atoms with Crippen molar-refractivity contribution in [3.63, 3.8) is 0 Å². The van der Waals surface area contributed by atoms with E-state index in [-0.39, 0.29) is 6.54 Å². The van der Waals surface area contributed by atoms with Gasteiger partial charge in [0.25, 0.3) is 0 Å². The summed E-state index contributed by atoms with van der Waals surface area (Å²) < 4.78 is 34.4. The number of azide groups is 1. The first-order valence-electron chi connectivity index (χ1n) is 4.77. The van der Waals surface area contributed by atoms with Crippen molar-refractivity contribution in [3.05, 3.63) is 10.4 Å². The van der Waals surface area contributed by atoms with Crippen LogP contribution in [0.4, 0.5) is 0 Å². The Bertz CT molecular complexity index is 267. The summed E-state index contributed by atoms with van der Waals surface area (Å²) in [7, 11) is 0. The maximum Gasteiger partial charge on any atom is 0.129 e. The van der Waals surface area contributed by atoms with E-state index >= 15 is 0 Å². The molecular formula is C5H9N3O. The number of carbonyl (C=O) groups is 1. The Morgan fingerprint density at radius 1 is 2.11 bits per heavy atom. The zero-order valence-corrected chi connectivity index (χ0v) is 4.66. The quantitative estimate of drug-likeness (QED) is 0.326. The molecule has 0 aromatic rings. The fraction of sp³-hybridized carbons (Fsp3) is 0.800. The average Bonchev–Trinajstić information content (AvgIpc) is 2.01. The molecule has 9 heavy (non-hydrogen) atoms. The smallest absolute Gasteiger partial charge is 0.129 e. The van der Waals surface area contributed by atoms with Gasteiger partial charge in [-0.3, -0.25) is 0 Å². The third kappa shape index (κ3) is 6.98. The highest BCUT2D eigenvalue weighted by Crippen LogP contribution is 1.89. The lowest BCUT2D eigenvalue weighted by Gasteiger charge is -1.87. The van der Waals surface area contributed by atoms with Crippen molar-refractivity contribution in [3.8, 4) is 0 Å². The van der Waals surface area contributed by atoms with Gasteiger partial charge in [0.1, 0.15) is 5.78 Å². The number of Topliss-reactive ketones (excluding diaryl/α,β-unsaturated/α-hetero) is 1. The van der Waals surface area contributed by atoms with Gasteiger partial charge in [0.15, 0.2) is 0 Å². The van der Waals surface area contributed by atoms with Crippen molar-refractivity contribution in [1.82, 2.24) is 0 Å². The van der Waals surface area contributed by atoms with Crippen LogP contribution in [0.2, 0.25) is 0 Å². The molecular weight excluding hydrogens is 118 g/mol. The Morgan fingerprint density at radius 3 is 3.44 bits per heavy atom. The van der Waals surface area contributed by atoms with E-state index in [4.69, 9.17) is 12.4 Å². The third-order valence-corrected chi connectivity index (χ3v) is 0.561. The molecule has 0 rings (SSSR count). The molecule has 0 N–H and O–H groups in total. The molecule has 50 valence electrons. The summed E-state index contributed by atoms with van der Waals surface area (Å²) in [6, 6.07) is 0. The monoisotopic (exact) mass is 132 g/mol. The number of carbonyl (C=O) groups excluding carboxylic acids is 1. The summed E-state index contributed by atoms with van der Waals surface area (Å²) in [4.78, 5) is 13.4. The van der Waals surface area contributed by atoms with Crippen molar-refractivity contribution >= 4 is 5.78 Å². The molecule has 4 heteroatoms. The van der Waals surface area contributed by atoms with Crippen LogP contribution in [0.5, 0.6) is 0 Å². The van der Waals surface area contributed by atoms with Crippen LogP contribution in [0, 0.1) is 0 Å². The summed E-state index contributed by atoms with van der Waals surface area (Å²) >= 11 is 0. The van der Waals surface area contributed by atoms with Crippen LogP contribution in [0.15, 0.2) is 5.11 Å². The van der Waals surface area contributed by atoms with Crippen molar-refractivity contribution in [2.75, 3.05) is 6.54 Å². The minimum absolute atomic E-state index is 0.245. The topological polar surface area (TPSA) is 65.8 Å². The second kappa shape index (κ2) is 5.12. The largest absolute Gasteiger partial charge is 0.300 e. The highest BCUT2D eigenvalue weighted by molar-refractivity contribution is 5.75. The zero-order chi connectivity index (χ0) is 11.4. The zero-order valence-electron chi connectivity index (χ0n) is 9.66. The van der Waals surface area contributed by atoms with Gasteiger partial charge < -0.3 is 4.79 Å². The molecule has 0 heterocycles. The van der Waals surface area contributed by atoms with Crippen LogP contribution in [-0.2, 0) is 4.79 Å². The van der Waals surface area contributed by atoms with Gasteiger partial charge in [0.05, 0.1) is 0 Å². The van der Waals surface area contributed by atoms with Crippen molar-refractivity contribution < 1.29 is 11.6 Å². The molecule has 0 bridgehead atoms. The molecule has 0 unspecified atom stereocenters. The van der Waals surface area contributed by atoms with E-state index in [1.54, 1.807) is 0 Å². The summed E-state index contributed by atoms with van der Waals surface area (Å²) in [5.74, 6) is -1.46. The highest BCUT2D eigenvalue weighted by Gasteiger charge is 1.89. The summed E-state index contributed by atoms with van der Waals surface area (Å²) in [5.41, 5.74) is 7.90. The van der Waals surface area contributed by atoms with Gasteiger partial charge in [0.2, 0.25) is 0 Å². The fourth-order valence-electron chi connectivity index (χ4n) is 0.264. The summed E-state index contributed by atoms with van der Waals surface area (Å²) in [6.07, 6.45) is -2.90. The van der Waals surface area contributed by atoms with Gasteiger partial charge >= 0.3 is 0 Å². The van der Waals surface area contributed by atoms with E-state index in [2.05, 4.69) is 10.0 Å². The van der Waals surface area contributed by atoms with Gasteiger partial charge in [0, 0.05) is 24.7 Å². The number of rotatable bonds is 4. The number of nitrogens with zero attached hydrogens (tertiary/aromatic N) is 3. The second-order valence-corrected chi connectivity index (χ2v) is 1.21. The molecule has 0 aromatic carbocycles. The van der Waals surface area contributed by atoms with Crippen LogP contribution in [0.1, 0.15) is 26.5 Å². The molecule has 0 saturated carbocycles. The van der Waals surface area contributed by atoms with Crippen molar-refractivity contribution in [1.29, 1.82) is 0 Å². The lowest BCUT2D eigenvalue weighted by Crippen LogP contribution is -1.90. The predicted octanol–water partition coefficient (Wildman–Crippen LogP) is 1.67. The van der Waals surface area contributed by atoms with Crippen molar-refractivity contribution in [2.24, 2.45) is 5.11 Å². The summed E-state index contributed by atoms with van der Waals surface area (Å²) in [6.45, 7) is -3.20. The molecule has 0 aliphatic heterocycles. The number of hydrogen-bond acceptors (Lipinski definition) is 2. The van der Waals surface area contributed by atoms with Gasteiger partial charge in [-0.2, -0.15) is 0 Å². The highest BCUT2D eigenvalue weighted by atomic mass is 16.1. The summed E-state index contributed by atoms with van der Waals surface area (Å²) in [5, 5.41) is 3.03. The molecule has 0 aromatic heterocycles. The molecule has 0 aliphatic rings. The van der Waals surface area contributed by atoms with Gasteiger partial charge in [-0.05, 0) is 18.8 Å². The Kier molecular flexibility index (Phi) is 1.54. The Hall–Kier alpha value is -1.02. The molecule has 0 spiro atoms. The Balaban J connectivity index is 4.46. The Labute approximate surface area is 60.5 Å². The minimum atomic E-state index is -2.96. The van der Waals surface area contributed by atoms with Gasteiger partial charge in [-0.1, -0.05) is 5.11 Å². The third-order valence-electron chi connectivity index (χ3n) is 0.561. The lowest BCUT2D eigenvalue weighted by molar-refractivity contribution is -0.117. The first-order valence-corrected chi connectivity index (χ1v) is 2.27. The maximum atomic E-state index is 11.0. The molecule has 0 atom stereocenters. The molecule has 0 fully saturated rings. The van der Waals surface area contributed by atoms with E-state index in [0.717, 1.165) is 0 Å². The molecule has 0 saturated heterocycles. The standard InChI is InChI=1S/C5H9N3O/c1-5(9)3-2-4-7-8-6/h2-4H2,1H3/i1D3,3D2. The second-order valence-electron chi connectivity index (χ2n) is 1.21. The van der Waals surface area contributed by atoms with Gasteiger partial charge in [-0.25, -0.2) is 0 Å². The first-order chi connectivity index (χ1) is 6.22. The van der Waals surface area contributed by atoms with Crippen LogP contribution in [0.25, 0.3) is 10.4 Å². The van der Waals surface area contributed by atoms with Gasteiger partial charge in [-0.15, -0.1) is 0 Å². The molecule has 0 aliphatic carbocycles. The van der Waals surface area contributed by atoms with E-state index < -0.39 is 25.4 Å². The van der Waals surface area contributed by atoms with E-state index in [1.165, 1.54) is 0 Å². The van der Waals surface area contributed by atoms with E-state index in [0.29, 0.717) is 0 Å². The van der Waals surface area contributed by atoms with Crippen LogP contribution >= 0.6 is 0 Å². The predicted molar refractivity (Wildman–Crippen MR) is 33.9 cm³/mol. The average molecular weight is 132 g/mol. The first kappa shape index (κ1) is 2.71. The van der Waals surface area contributed by atoms with Crippen LogP contribution < -0.4 is 0 Å². The van der Waals surface area contributed by atoms with E-state index in [9.17, 15) is 4.79 Å². The SMILES string of the molecule is [2H]C([2H])([2H])C(=O)C([2H])([2H])CCN=[N+]=[N-]. The molecule has 0 radical (unpaired) electrons. The molecule has 0 amide bonds. The Morgan fingerprint density at radius 2 is 2.89 bits per heavy atom. The molecule has 4 nitrogen and oxygen atoms in total. The fourth-order valence-corrected chi connectivity index (χ4v) is 0.264.